The minimum absolute atomic E-state index is 0.189. The molecule has 3 N–H and O–H groups in total. The number of nitrogens with one attached hydrogen (secondary N) is 1. The van der Waals surface area contributed by atoms with Crippen LogP contribution in [0, 0.1) is 12.8 Å². The van der Waals surface area contributed by atoms with Gasteiger partial charge in [-0.1, -0.05) is 45.0 Å². The third kappa shape index (κ3) is 7.56. The van der Waals surface area contributed by atoms with Gasteiger partial charge in [-0.05, 0) is 51.2 Å². The Morgan fingerprint density at radius 3 is 2.30 bits per heavy atom. The van der Waals surface area contributed by atoms with Crippen LogP contribution in [0.25, 0.3) is 11.1 Å². The number of pyridine rings is 1. The molecule has 2 aromatic rings. The van der Waals surface area contributed by atoms with Crippen LogP contribution < -0.4 is 15.8 Å². The summed E-state index contributed by atoms with van der Waals surface area (Å²) >= 11 is 0. The van der Waals surface area contributed by atoms with E-state index in [1.54, 1.807) is 6.92 Å². The van der Waals surface area contributed by atoms with Gasteiger partial charge in [0.2, 0.25) is 0 Å². The van der Waals surface area contributed by atoms with E-state index in [9.17, 15) is 9.59 Å². The van der Waals surface area contributed by atoms with Gasteiger partial charge in [-0.15, -0.1) is 0 Å². The van der Waals surface area contributed by atoms with Crippen molar-refractivity contribution in [3.05, 3.63) is 46.8 Å². The molecule has 0 unspecified atom stereocenters. The van der Waals surface area contributed by atoms with Crippen molar-refractivity contribution in [2.75, 3.05) is 0 Å². The first-order chi connectivity index (χ1) is 15.4. The van der Waals surface area contributed by atoms with Crippen molar-refractivity contribution in [3.63, 3.8) is 0 Å². The van der Waals surface area contributed by atoms with Gasteiger partial charge in [0.15, 0.2) is 5.75 Å². The van der Waals surface area contributed by atoms with Crippen molar-refractivity contribution < 1.29 is 19.1 Å². The van der Waals surface area contributed by atoms with Crippen LogP contribution in [0.4, 0.5) is 4.79 Å². The van der Waals surface area contributed by atoms with Crippen LogP contribution in [0.1, 0.15) is 70.5 Å². The maximum absolute atomic E-state index is 12.4. The molecule has 2 rings (SSSR count). The van der Waals surface area contributed by atoms with E-state index >= 15 is 0 Å². The first-order valence-corrected chi connectivity index (χ1v) is 11.4. The second kappa shape index (κ2) is 11.3. The summed E-state index contributed by atoms with van der Waals surface area (Å²) in [7, 11) is 0. The van der Waals surface area contributed by atoms with E-state index in [4.69, 9.17) is 20.2 Å². The van der Waals surface area contributed by atoms with Gasteiger partial charge < -0.3 is 20.5 Å². The van der Waals surface area contributed by atoms with E-state index in [-0.39, 0.29) is 18.9 Å². The number of hydrogen-bond donors (Lipinski definition) is 2. The Morgan fingerprint density at radius 1 is 1.15 bits per heavy atom. The van der Waals surface area contributed by atoms with E-state index in [1.165, 1.54) is 0 Å². The van der Waals surface area contributed by atoms with Gasteiger partial charge in [-0.3, -0.25) is 9.78 Å². The highest BCUT2D eigenvalue weighted by Gasteiger charge is 2.24. The standard InChI is InChI=1S/C26H37N3O4/c1-8-22(30)32-24-17(4)29-21(13-16(2)3)20(15-28-25(31)33-26(5,6)7)23(24)19-11-9-18(14-27)10-12-19/h9-12,16H,8,13-15,27H2,1-7H3,(H,28,31). The lowest BCUT2D eigenvalue weighted by molar-refractivity contribution is -0.134. The second-order valence-electron chi connectivity index (χ2n) is 9.51. The van der Waals surface area contributed by atoms with Gasteiger partial charge in [-0.25, -0.2) is 4.79 Å². The average Bonchev–Trinajstić information content (AvgIpc) is 2.72. The van der Waals surface area contributed by atoms with Crippen molar-refractivity contribution in [1.29, 1.82) is 0 Å². The average molecular weight is 456 g/mol. The molecular formula is C26H37N3O4. The predicted molar refractivity (Wildman–Crippen MR) is 130 cm³/mol. The molecule has 33 heavy (non-hydrogen) atoms. The highest BCUT2D eigenvalue weighted by Crippen LogP contribution is 2.38. The minimum Gasteiger partial charge on any atom is -0.444 e. The molecule has 7 nitrogen and oxygen atoms in total. The van der Waals surface area contributed by atoms with Crippen LogP contribution in [0.2, 0.25) is 0 Å². The molecular weight excluding hydrogens is 418 g/mol. The Morgan fingerprint density at radius 2 is 1.79 bits per heavy atom. The number of nitrogens with zero attached hydrogens (tertiary/aromatic N) is 1. The summed E-state index contributed by atoms with van der Waals surface area (Å²) in [5.41, 5.74) is 10.1. The summed E-state index contributed by atoms with van der Waals surface area (Å²) in [6.07, 6.45) is 0.432. The Hall–Kier alpha value is -2.93. The zero-order valence-electron chi connectivity index (χ0n) is 20.9. The zero-order valence-corrected chi connectivity index (χ0v) is 20.9. The highest BCUT2D eigenvalue weighted by atomic mass is 16.6. The first-order valence-electron chi connectivity index (χ1n) is 11.4. The summed E-state index contributed by atoms with van der Waals surface area (Å²) in [6, 6.07) is 7.81. The molecule has 1 aromatic carbocycles. The second-order valence-corrected chi connectivity index (χ2v) is 9.51. The van der Waals surface area contributed by atoms with Crippen LogP contribution in [0.3, 0.4) is 0 Å². The fourth-order valence-corrected chi connectivity index (χ4v) is 3.43. The number of esters is 1. The Bertz CT molecular complexity index is 977. The third-order valence-electron chi connectivity index (χ3n) is 4.90. The minimum atomic E-state index is -0.612. The summed E-state index contributed by atoms with van der Waals surface area (Å²) in [4.78, 5) is 29.5. The zero-order chi connectivity index (χ0) is 24.8. The number of carbonyl (C=O) groups is 2. The largest absolute Gasteiger partial charge is 0.444 e. The smallest absolute Gasteiger partial charge is 0.407 e. The molecule has 0 aliphatic carbocycles. The molecule has 0 bridgehead atoms. The summed E-state index contributed by atoms with van der Waals surface area (Å²) in [5.74, 6) is 0.409. The molecule has 0 saturated heterocycles. The van der Waals surface area contributed by atoms with Gasteiger partial charge in [0, 0.05) is 36.3 Å². The van der Waals surface area contributed by atoms with E-state index in [2.05, 4.69) is 19.2 Å². The van der Waals surface area contributed by atoms with Gasteiger partial charge in [0.05, 0.1) is 5.69 Å². The van der Waals surface area contributed by atoms with Crippen molar-refractivity contribution in [2.45, 2.75) is 80.0 Å². The molecule has 0 aliphatic rings. The summed E-state index contributed by atoms with van der Waals surface area (Å²) in [6.45, 7) is 13.9. The highest BCUT2D eigenvalue weighted by molar-refractivity contribution is 5.81. The maximum Gasteiger partial charge on any atom is 0.407 e. The molecule has 1 aromatic heterocycles. The van der Waals surface area contributed by atoms with E-state index in [0.29, 0.717) is 30.3 Å². The molecule has 0 spiro atoms. The van der Waals surface area contributed by atoms with Crippen LogP contribution in [0.15, 0.2) is 24.3 Å². The fourth-order valence-electron chi connectivity index (χ4n) is 3.43. The lowest BCUT2D eigenvalue weighted by Gasteiger charge is -2.23. The van der Waals surface area contributed by atoms with Crippen molar-refractivity contribution >= 4 is 12.1 Å². The van der Waals surface area contributed by atoms with Crippen molar-refractivity contribution in [3.8, 4) is 16.9 Å². The monoisotopic (exact) mass is 455 g/mol. The van der Waals surface area contributed by atoms with Gasteiger partial charge in [0.1, 0.15) is 5.60 Å². The molecule has 0 radical (unpaired) electrons. The number of benzene rings is 1. The molecule has 1 amide bonds. The molecule has 180 valence electrons. The third-order valence-corrected chi connectivity index (χ3v) is 4.90. The number of alkyl carbamates (subject to hydrolysis) is 1. The lowest BCUT2D eigenvalue weighted by atomic mass is 9.92. The Balaban J connectivity index is 2.67. The molecule has 0 aliphatic heterocycles. The number of nitrogens with two attached hydrogens (primary N) is 1. The van der Waals surface area contributed by atoms with Gasteiger partial charge >= 0.3 is 12.1 Å². The van der Waals surface area contributed by atoms with Crippen molar-refractivity contribution in [2.24, 2.45) is 11.7 Å². The maximum atomic E-state index is 12.4. The molecule has 0 atom stereocenters. The first kappa shape index (κ1) is 26.3. The number of amides is 1. The Kier molecular flexibility index (Phi) is 8.99. The van der Waals surface area contributed by atoms with Crippen LogP contribution in [-0.4, -0.2) is 22.6 Å². The summed E-state index contributed by atoms with van der Waals surface area (Å²) < 4.78 is 11.2. The number of hydrogen-bond acceptors (Lipinski definition) is 6. The van der Waals surface area contributed by atoms with E-state index in [0.717, 1.165) is 27.9 Å². The van der Waals surface area contributed by atoms with E-state index < -0.39 is 11.7 Å². The molecule has 7 heteroatoms. The van der Waals surface area contributed by atoms with Gasteiger partial charge in [-0.2, -0.15) is 0 Å². The lowest BCUT2D eigenvalue weighted by Crippen LogP contribution is -2.32. The predicted octanol–water partition coefficient (Wildman–Crippen LogP) is 5.05. The SMILES string of the molecule is CCC(=O)Oc1c(C)nc(CC(C)C)c(CNC(=O)OC(C)(C)C)c1-c1ccc(CN)cc1. The number of carbonyl (C=O) groups excluding carboxylic acids is 2. The molecule has 0 fully saturated rings. The van der Waals surface area contributed by atoms with Crippen LogP contribution >= 0.6 is 0 Å². The van der Waals surface area contributed by atoms with Crippen LogP contribution in [0.5, 0.6) is 5.75 Å². The number of ether oxygens (including phenoxy) is 2. The number of aromatic nitrogens is 1. The number of rotatable bonds is 8. The quantitative estimate of drug-likeness (QED) is 0.540. The summed E-state index contributed by atoms with van der Waals surface area (Å²) in [5, 5.41) is 2.85. The number of aryl methyl sites for hydroxylation is 1. The normalized spacial score (nSPS) is 11.4. The topological polar surface area (TPSA) is 104 Å². The van der Waals surface area contributed by atoms with E-state index in [1.807, 2.05) is 52.0 Å². The van der Waals surface area contributed by atoms with Gasteiger partial charge in [0.25, 0.3) is 0 Å². The molecule has 0 saturated carbocycles. The molecule has 1 heterocycles. The fraction of sp³-hybridized carbons (Fsp3) is 0.500. The van der Waals surface area contributed by atoms with Crippen LogP contribution in [-0.2, 0) is 29.0 Å². The van der Waals surface area contributed by atoms with Crippen molar-refractivity contribution in [1.82, 2.24) is 10.3 Å². The Labute approximate surface area is 197 Å².